The Hall–Kier alpha value is -6.43. The van der Waals surface area contributed by atoms with Crippen molar-refractivity contribution in [3.8, 4) is 39.4 Å². The highest BCUT2D eigenvalue weighted by molar-refractivity contribution is 6.15. The lowest BCUT2D eigenvalue weighted by Crippen LogP contribution is -2.15. The number of nitriles is 1. The van der Waals surface area contributed by atoms with E-state index in [4.69, 9.17) is 0 Å². The molecule has 0 unspecified atom stereocenters. The Morgan fingerprint density at radius 2 is 0.900 bits per heavy atom. The topological polar surface area (TPSA) is 27.0 Å². The number of rotatable bonds is 6. The molecule has 2 heteroatoms. The standard InChI is InChI=1S/C48H34N2/c1-48(2)44-10-6-9-38-17-18-39-29-40(30-45(48)47(39)46(38)44)37-15-13-34(14-16-37)36-21-27-43(28-22-36)50(41-23-11-32(31-49)12-24-41)42-25-19-35(20-26-42)33-7-4-3-5-8-33/h3-30H,1-2H3. The van der Waals surface area contributed by atoms with Gasteiger partial charge in [-0.05, 0) is 127 Å². The molecule has 0 saturated carbocycles. The molecule has 0 bridgehead atoms. The van der Waals surface area contributed by atoms with E-state index in [0.29, 0.717) is 5.56 Å². The first kappa shape index (κ1) is 29.7. The maximum absolute atomic E-state index is 9.41. The van der Waals surface area contributed by atoms with Crippen molar-refractivity contribution in [3.05, 3.63) is 187 Å². The van der Waals surface area contributed by atoms with E-state index in [0.717, 1.165) is 22.6 Å². The van der Waals surface area contributed by atoms with Gasteiger partial charge >= 0.3 is 0 Å². The molecule has 0 fully saturated rings. The molecule has 9 rings (SSSR count). The second-order valence-electron chi connectivity index (χ2n) is 13.7. The number of anilines is 3. The maximum atomic E-state index is 9.41. The molecule has 1 aliphatic rings. The third-order valence-electron chi connectivity index (χ3n) is 10.5. The molecule has 0 heterocycles. The van der Waals surface area contributed by atoms with Crippen LogP contribution in [0.5, 0.6) is 0 Å². The van der Waals surface area contributed by atoms with Crippen LogP contribution in [0.3, 0.4) is 0 Å². The van der Waals surface area contributed by atoms with Gasteiger partial charge in [-0.2, -0.15) is 5.26 Å². The van der Waals surface area contributed by atoms with E-state index in [1.807, 2.05) is 30.3 Å². The summed E-state index contributed by atoms with van der Waals surface area (Å²) in [4.78, 5) is 2.24. The summed E-state index contributed by atoms with van der Waals surface area (Å²) < 4.78 is 0. The molecule has 8 aromatic rings. The molecule has 8 aromatic carbocycles. The zero-order chi connectivity index (χ0) is 33.8. The summed E-state index contributed by atoms with van der Waals surface area (Å²) in [7, 11) is 0. The van der Waals surface area contributed by atoms with Gasteiger partial charge in [0.05, 0.1) is 11.6 Å². The smallest absolute Gasteiger partial charge is 0.0991 e. The molecule has 0 N–H and O–H groups in total. The van der Waals surface area contributed by atoms with Gasteiger partial charge in [0.15, 0.2) is 0 Å². The molecule has 236 valence electrons. The van der Waals surface area contributed by atoms with E-state index in [1.54, 1.807) is 0 Å². The first-order valence-electron chi connectivity index (χ1n) is 17.1. The molecular formula is C48H34N2. The van der Waals surface area contributed by atoms with Crippen molar-refractivity contribution in [2.24, 2.45) is 0 Å². The van der Waals surface area contributed by atoms with Crippen molar-refractivity contribution in [1.82, 2.24) is 0 Å². The van der Waals surface area contributed by atoms with Gasteiger partial charge in [-0.3, -0.25) is 0 Å². The zero-order valence-corrected chi connectivity index (χ0v) is 28.1. The van der Waals surface area contributed by atoms with Crippen LogP contribution in [-0.2, 0) is 5.41 Å². The van der Waals surface area contributed by atoms with Crippen LogP contribution in [0.4, 0.5) is 17.1 Å². The summed E-state index contributed by atoms with van der Waals surface area (Å²) in [6, 6.07) is 62.9. The quantitative estimate of drug-likeness (QED) is 0.169. The molecule has 50 heavy (non-hydrogen) atoms. The van der Waals surface area contributed by atoms with Crippen LogP contribution in [0.25, 0.3) is 54.9 Å². The van der Waals surface area contributed by atoms with E-state index in [1.165, 1.54) is 60.5 Å². The molecular weight excluding hydrogens is 605 g/mol. The Balaban J connectivity index is 1.03. The predicted molar refractivity (Wildman–Crippen MR) is 209 cm³/mol. The maximum Gasteiger partial charge on any atom is 0.0991 e. The fraction of sp³-hybridized carbons (Fsp3) is 0.0625. The van der Waals surface area contributed by atoms with Crippen LogP contribution >= 0.6 is 0 Å². The van der Waals surface area contributed by atoms with Crippen molar-refractivity contribution >= 4 is 38.6 Å². The lowest BCUT2D eigenvalue weighted by Gasteiger charge is -2.26. The van der Waals surface area contributed by atoms with Crippen LogP contribution in [0.2, 0.25) is 0 Å². The number of nitrogens with zero attached hydrogens (tertiary/aromatic N) is 2. The largest absolute Gasteiger partial charge is 0.311 e. The van der Waals surface area contributed by atoms with E-state index >= 15 is 0 Å². The number of hydrogen-bond donors (Lipinski definition) is 0. The lowest BCUT2D eigenvalue weighted by atomic mass is 9.81. The van der Waals surface area contributed by atoms with Crippen LogP contribution in [0.15, 0.2) is 170 Å². The SMILES string of the molecule is CC1(C)c2cccc3ccc4cc(-c5ccc(-c6ccc(N(c7ccc(C#N)cc7)c7ccc(-c8ccccc8)cc7)cc6)cc5)cc1c4c23. The van der Waals surface area contributed by atoms with Crippen molar-refractivity contribution in [3.63, 3.8) is 0 Å². The highest BCUT2D eigenvalue weighted by atomic mass is 15.1. The fourth-order valence-corrected chi connectivity index (χ4v) is 7.79. The van der Waals surface area contributed by atoms with Gasteiger partial charge in [-0.25, -0.2) is 0 Å². The first-order valence-corrected chi connectivity index (χ1v) is 17.1. The Labute approximate surface area is 293 Å². The fourth-order valence-electron chi connectivity index (χ4n) is 7.79. The third kappa shape index (κ3) is 4.87. The summed E-state index contributed by atoms with van der Waals surface area (Å²) >= 11 is 0. The molecule has 1 aliphatic carbocycles. The van der Waals surface area contributed by atoms with Gasteiger partial charge in [0.25, 0.3) is 0 Å². The van der Waals surface area contributed by atoms with Crippen LogP contribution in [0.1, 0.15) is 30.5 Å². The Morgan fingerprint density at radius 1 is 0.420 bits per heavy atom. The Morgan fingerprint density at radius 3 is 1.48 bits per heavy atom. The van der Waals surface area contributed by atoms with Gasteiger partial charge in [0.2, 0.25) is 0 Å². The molecule has 0 spiro atoms. The molecule has 0 atom stereocenters. The summed E-state index contributed by atoms with van der Waals surface area (Å²) in [5.74, 6) is 0. The highest BCUT2D eigenvalue weighted by Gasteiger charge is 2.34. The molecule has 0 amide bonds. The van der Waals surface area contributed by atoms with Gasteiger partial charge in [0.1, 0.15) is 0 Å². The number of hydrogen-bond acceptors (Lipinski definition) is 2. The summed E-state index contributed by atoms with van der Waals surface area (Å²) in [6.07, 6.45) is 0. The van der Waals surface area contributed by atoms with Crippen molar-refractivity contribution in [2.75, 3.05) is 4.90 Å². The normalized spacial score (nSPS) is 12.7. The minimum absolute atomic E-state index is 0.0330. The average Bonchev–Trinajstić information content (AvgIpc) is 3.42. The molecule has 0 radical (unpaired) electrons. The summed E-state index contributed by atoms with van der Waals surface area (Å²) in [5.41, 5.74) is 13.7. The highest BCUT2D eigenvalue weighted by Crippen LogP contribution is 2.50. The minimum Gasteiger partial charge on any atom is -0.311 e. The van der Waals surface area contributed by atoms with Crippen LogP contribution in [-0.4, -0.2) is 0 Å². The van der Waals surface area contributed by atoms with Crippen molar-refractivity contribution < 1.29 is 0 Å². The first-order chi connectivity index (χ1) is 24.5. The van der Waals surface area contributed by atoms with Gasteiger partial charge < -0.3 is 4.90 Å². The Bertz CT molecular complexity index is 2570. The molecule has 2 nitrogen and oxygen atoms in total. The second-order valence-corrected chi connectivity index (χ2v) is 13.7. The van der Waals surface area contributed by atoms with Crippen molar-refractivity contribution in [2.45, 2.75) is 19.3 Å². The predicted octanol–water partition coefficient (Wildman–Crippen LogP) is 13.0. The van der Waals surface area contributed by atoms with Crippen LogP contribution in [0, 0.1) is 11.3 Å². The monoisotopic (exact) mass is 638 g/mol. The second kappa shape index (κ2) is 11.6. The lowest BCUT2D eigenvalue weighted by molar-refractivity contribution is 0.663. The van der Waals surface area contributed by atoms with E-state index in [2.05, 4.69) is 164 Å². The van der Waals surface area contributed by atoms with E-state index < -0.39 is 0 Å². The average molecular weight is 639 g/mol. The minimum atomic E-state index is -0.0330. The summed E-state index contributed by atoms with van der Waals surface area (Å²) in [6.45, 7) is 4.71. The Kier molecular flexibility index (Phi) is 6.90. The van der Waals surface area contributed by atoms with Crippen molar-refractivity contribution in [1.29, 1.82) is 5.26 Å². The van der Waals surface area contributed by atoms with Crippen LogP contribution < -0.4 is 4.90 Å². The zero-order valence-electron chi connectivity index (χ0n) is 28.1. The van der Waals surface area contributed by atoms with E-state index in [-0.39, 0.29) is 5.41 Å². The third-order valence-corrected chi connectivity index (χ3v) is 10.5. The molecule has 0 saturated heterocycles. The van der Waals surface area contributed by atoms with Gasteiger partial charge in [-0.15, -0.1) is 0 Å². The van der Waals surface area contributed by atoms with E-state index in [9.17, 15) is 5.26 Å². The molecule has 0 aromatic heterocycles. The van der Waals surface area contributed by atoms with Gasteiger partial charge in [-0.1, -0.05) is 123 Å². The number of benzene rings is 8. The molecule has 0 aliphatic heterocycles. The van der Waals surface area contributed by atoms with Gasteiger partial charge in [0, 0.05) is 22.5 Å². The summed E-state index contributed by atoms with van der Waals surface area (Å²) in [5, 5.41) is 14.9.